The number of likely N-dealkylation sites (N-methyl/N-ethyl adjacent to an activating group) is 1. The van der Waals surface area contributed by atoms with Gasteiger partial charge in [0, 0.05) is 19.3 Å². The smallest absolute Gasteiger partial charge is 0.244 e. The Kier molecular flexibility index (Phi) is 5.01. The van der Waals surface area contributed by atoms with Gasteiger partial charge in [-0.15, -0.1) is 0 Å². The number of nitrogens with one attached hydrogen (secondary N) is 1. The first-order valence-electron chi connectivity index (χ1n) is 7.29. The van der Waals surface area contributed by atoms with E-state index in [1.165, 1.54) is 5.56 Å². The average molecular weight is 276 g/mol. The van der Waals surface area contributed by atoms with Gasteiger partial charge in [-0.25, -0.2) is 0 Å². The number of rotatable bonds is 5. The lowest BCUT2D eigenvalue weighted by Gasteiger charge is -2.29. The summed E-state index contributed by atoms with van der Waals surface area (Å²) in [7, 11) is 1.84. The molecule has 0 radical (unpaired) electrons. The monoisotopic (exact) mass is 276 g/mol. The van der Waals surface area contributed by atoms with Gasteiger partial charge in [-0.1, -0.05) is 18.2 Å². The third-order valence-corrected chi connectivity index (χ3v) is 3.60. The Bertz CT molecular complexity index is 460. The fourth-order valence-electron chi connectivity index (χ4n) is 2.43. The molecule has 0 fully saturated rings. The Labute approximate surface area is 121 Å². The van der Waals surface area contributed by atoms with E-state index in [2.05, 4.69) is 11.4 Å². The Hall–Kier alpha value is -1.55. The minimum Gasteiger partial charge on any atom is -0.377 e. The first-order chi connectivity index (χ1) is 9.58. The molecule has 0 aliphatic carbocycles. The van der Waals surface area contributed by atoms with Crippen LogP contribution < -0.4 is 5.32 Å². The van der Waals surface area contributed by atoms with E-state index in [4.69, 9.17) is 4.74 Å². The number of carbonyl (C=O) groups excluding carboxylic acids is 1. The van der Waals surface area contributed by atoms with Crippen molar-refractivity contribution >= 4 is 11.6 Å². The average Bonchev–Trinajstić information content (AvgIpc) is 2.45. The van der Waals surface area contributed by atoms with Gasteiger partial charge in [0.25, 0.3) is 0 Å². The van der Waals surface area contributed by atoms with Crippen LogP contribution in [0.15, 0.2) is 24.3 Å². The first kappa shape index (κ1) is 14.9. The van der Waals surface area contributed by atoms with Crippen LogP contribution in [0.5, 0.6) is 0 Å². The Balaban J connectivity index is 1.87. The molecule has 1 aromatic rings. The number of fused-ring (bicyclic) bond motifs is 1. The third kappa shape index (κ3) is 3.73. The Morgan fingerprint density at radius 3 is 2.95 bits per heavy atom. The van der Waals surface area contributed by atoms with Crippen LogP contribution in [0.3, 0.4) is 0 Å². The van der Waals surface area contributed by atoms with E-state index in [9.17, 15) is 4.79 Å². The fraction of sp³-hybridized carbons (Fsp3) is 0.562. The molecule has 2 rings (SSSR count). The second-order valence-electron chi connectivity index (χ2n) is 5.57. The molecule has 0 spiro atoms. The van der Waals surface area contributed by atoms with Crippen molar-refractivity contribution in [2.75, 3.05) is 25.5 Å². The molecule has 1 aliphatic heterocycles. The zero-order chi connectivity index (χ0) is 14.5. The molecule has 1 aliphatic rings. The molecule has 1 amide bonds. The molecule has 4 nitrogen and oxygen atoms in total. The van der Waals surface area contributed by atoms with Gasteiger partial charge in [-0.3, -0.25) is 4.79 Å². The molecule has 0 saturated heterocycles. The van der Waals surface area contributed by atoms with Gasteiger partial charge >= 0.3 is 0 Å². The molecule has 0 aromatic heterocycles. The highest BCUT2D eigenvalue weighted by molar-refractivity contribution is 5.85. The van der Waals surface area contributed by atoms with E-state index in [-0.39, 0.29) is 18.1 Å². The summed E-state index contributed by atoms with van der Waals surface area (Å²) >= 11 is 0. The molecule has 110 valence electrons. The minimum absolute atomic E-state index is 0.117. The molecule has 1 N–H and O–H groups in total. The van der Waals surface area contributed by atoms with Crippen LogP contribution in [-0.2, 0) is 16.0 Å². The topological polar surface area (TPSA) is 41.6 Å². The summed E-state index contributed by atoms with van der Waals surface area (Å²) in [6.07, 6.45) is 2.01. The van der Waals surface area contributed by atoms with Crippen molar-refractivity contribution in [1.29, 1.82) is 0 Å². The minimum atomic E-state index is -0.117. The van der Waals surface area contributed by atoms with E-state index in [1.807, 2.05) is 39.1 Å². The number of aryl methyl sites for hydroxylation is 1. The van der Waals surface area contributed by atoms with Gasteiger partial charge < -0.3 is 15.0 Å². The molecule has 20 heavy (non-hydrogen) atoms. The number of carbonyl (C=O) groups is 1. The zero-order valence-corrected chi connectivity index (χ0v) is 12.6. The van der Waals surface area contributed by atoms with Crippen LogP contribution in [0, 0.1) is 0 Å². The second-order valence-corrected chi connectivity index (χ2v) is 5.57. The lowest BCUT2D eigenvalue weighted by molar-refractivity contribution is -0.131. The molecule has 4 heteroatoms. The highest BCUT2D eigenvalue weighted by Crippen LogP contribution is 2.24. The SMILES string of the molecule is CC(C)OCCN(C)C(=O)C1CCc2ccccc2N1. The van der Waals surface area contributed by atoms with Crippen molar-refractivity contribution in [3.63, 3.8) is 0 Å². The maximum Gasteiger partial charge on any atom is 0.244 e. The van der Waals surface area contributed by atoms with Crippen molar-refractivity contribution in [3.05, 3.63) is 29.8 Å². The van der Waals surface area contributed by atoms with E-state index < -0.39 is 0 Å². The number of benzene rings is 1. The summed E-state index contributed by atoms with van der Waals surface area (Å²) < 4.78 is 5.49. The van der Waals surface area contributed by atoms with E-state index in [0.29, 0.717) is 13.2 Å². The molecule has 0 saturated carbocycles. The molecule has 0 bridgehead atoms. The van der Waals surface area contributed by atoms with Gasteiger partial charge in [-0.2, -0.15) is 0 Å². The lowest BCUT2D eigenvalue weighted by atomic mass is 9.97. The van der Waals surface area contributed by atoms with Crippen LogP contribution in [0.25, 0.3) is 0 Å². The molecule has 1 unspecified atom stereocenters. The Morgan fingerprint density at radius 2 is 2.20 bits per heavy atom. The molecular formula is C16H24N2O2. The van der Waals surface area contributed by atoms with Crippen LogP contribution in [0.1, 0.15) is 25.8 Å². The summed E-state index contributed by atoms with van der Waals surface area (Å²) in [5.41, 5.74) is 2.38. The Morgan fingerprint density at radius 1 is 1.45 bits per heavy atom. The molecule has 1 aromatic carbocycles. The standard InChI is InChI=1S/C16H24N2O2/c1-12(2)20-11-10-18(3)16(19)15-9-8-13-6-4-5-7-14(13)17-15/h4-7,12,15,17H,8-11H2,1-3H3. The van der Waals surface area contributed by atoms with Gasteiger partial charge in [0.2, 0.25) is 5.91 Å². The van der Waals surface area contributed by atoms with Crippen LogP contribution in [-0.4, -0.2) is 43.2 Å². The fourth-order valence-corrected chi connectivity index (χ4v) is 2.43. The van der Waals surface area contributed by atoms with Crippen molar-refractivity contribution in [2.24, 2.45) is 0 Å². The van der Waals surface area contributed by atoms with Gasteiger partial charge in [0.15, 0.2) is 0 Å². The van der Waals surface area contributed by atoms with Crippen molar-refractivity contribution in [1.82, 2.24) is 4.90 Å². The summed E-state index contributed by atoms with van der Waals surface area (Å²) in [5, 5.41) is 3.34. The highest BCUT2D eigenvalue weighted by atomic mass is 16.5. The van der Waals surface area contributed by atoms with Crippen LogP contribution in [0.4, 0.5) is 5.69 Å². The number of amides is 1. The van der Waals surface area contributed by atoms with E-state index in [0.717, 1.165) is 18.5 Å². The van der Waals surface area contributed by atoms with Gasteiger partial charge in [0.1, 0.15) is 6.04 Å². The summed E-state index contributed by atoms with van der Waals surface area (Å²) in [4.78, 5) is 14.1. The third-order valence-electron chi connectivity index (χ3n) is 3.60. The highest BCUT2D eigenvalue weighted by Gasteiger charge is 2.25. The van der Waals surface area contributed by atoms with E-state index in [1.54, 1.807) is 4.90 Å². The quantitative estimate of drug-likeness (QED) is 0.897. The second kappa shape index (κ2) is 6.75. The number of hydrogen-bond acceptors (Lipinski definition) is 3. The van der Waals surface area contributed by atoms with E-state index >= 15 is 0 Å². The maximum absolute atomic E-state index is 12.4. The summed E-state index contributed by atoms with van der Waals surface area (Å²) in [6.45, 7) is 5.23. The molecule has 1 atom stereocenters. The largest absolute Gasteiger partial charge is 0.377 e. The van der Waals surface area contributed by atoms with Gasteiger partial charge in [-0.05, 0) is 38.3 Å². The number of ether oxygens (including phenoxy) is 1. The summed E-state index contributed by atoms with van der Waals surface area (Å²) in [5.74, 6) is 0.145. The predicted molar refractivity (Wildman–Crippen MR) is 80.9 cm³/mol. The normalized spacial score (nSPS) is 17.5. The summed E-state index contributed by atoms with van der Waals surface area (Å²) in [6, 6.07) is 8.07. The van der Waals surface area contributed by atoms with Crippen molar-refractivity contribution in [2.45, 2.75) is 38.8 Å². The zero-order valence-electron chi connectivity index (χ0n) is 12.6. The first-order valence-corrected chi connectivity index (χ1v) is 7.29. The number of anilines is 1. The maximum atomic E-state index is 12.4. The van der Waals surface area contributed by atoms with Gasteiger partial charge in [0.05, 0.1) is 12.7 Å². The molecule has 1 heterocycles. The lowest BCUT2D eigenvalue weighted by Crippen LogP contribution is -2.44. The van der Waals surface area contributed by atoms with Crippen LogP contribution in [0.2, 0.25) is 0 Å². The number of para-hydroxylation sites is 1. The molecular weight excluding hydrogens is 252 g/mol. The predicted octanol–water partition coefficient (Wildman–Crippen LogP) is 2.30. The van der Waals surface area contributed by atoms with Crippen LogP contribution >= 0.6 is 0 Å². The van der Waals surface area contributed by atoms with Crippen molar-refractivity contribution < 1.29 is 9.53 Å². The number of nitrogens with zero attached hydrogens (tertiary/aromatic N) is 1. The van der Waals surface area contributed by atoms with Crippen molar-refractivity contribution in [3.8, 4) is 0 Å². The number of hydrogen-bond donors (Lipinski definition) is 1.